The van der Waals surface area contributed by atoms with Crippen LogP contribution in [0.4, 0.5) is 0 Å². The number of unbranched alkanes of at least 4 members (excludes halogenated alkanes) is 4. The third-order valence-corrected chi connectivity index (χ3v) is 9.15. The van der Waals surface area contributed by atoms with Crippen molar-refractivity contribution in [1.82, 2.24) is 0 Å². The summed E-state index contributed by atoms with van der Waals surface area (Å²) in [7, 11) is 0. The second-order valence-electron chi connectivity index (χ2n) is 12.6. The largest absolute Gasteiger partial charge is 0.508 e. The number of benzene rings is 1. The summed E-state index contributed by atoms with van der Waals surface area (Å²) in [6.45, 7) is 9.03. The Bertz CT molecular complexity index is 760. The molecule has 1 aromatic carbocycles. The first-order chi connectivity index (χ1) is 17.9. The third-order valence-electron chi connectivity index (χ3n) is 9.15. The SMILES string of the molecule is CCCCCC1(OC(C)Cc2cccc(O)c2CC(C)OC2(CCCCC)CCCCC2)CCCCC1. The molecule has 3 heteroatoms. The molecule has 0 saturated heterocycles. The molecule has 0 heterocycles. The van der Waals surface area contributed by atoms with Crippen molar-refractivity contribution in [3.8, 4) is 5.75 Å². The molecule has 0 amide bonds. The average Bonchev–Trinajstić information content (AvgIpc) is 2.87. The summed E-state index contributed by atoms with van der Waals surface area (Å²) in [5.41, 5.74) is 2.39. The summed E-state index contributed by atoms with van der Waals surface area (Å²) in [6.07, 6.45) is 24.6. The standard InChI is InChI=1S/C34H58O3/c1-5-7-11-20-33(22-13-9-14-23-33)36-28(3)26-30-18-17-19-32(35)31(30)27-29(4)37-34(21-12-8-6-2)24-15-10-16-25-34/h17-19,28-29,35H,5-16,20-27H2,1-4H3. The Hall–Kier alpha value is -1.06. The lowest BCUT2D eigenvalue weighted by molar-refractivity contribution is -0.114. The molecule has 2 unspecified atom stereocenters. The molecule has 212 valence electrons. The van der Waals surface area contributed by atoms with Gasteiger partial charge in [0.05, 0.1) is 23.4 Å². The molecule has 37 heavy (non-hydrogen) atoms. The first kappa shape index (κ1) is 30.5. The van der Waals surface area contributed by atoms with E-state index in [1.807, 2.05) is 12.1 Å². The first-order valence-corrected chi connectivity index (χ1v) is 16.1. The van der Waals surface area contributed by atoms with Crippen LogP contribution in [-0.4, -0.2) is 28.5 Å². The van der Waals surface area contributed by atoms with Crippen LogP contribution in [0.5, 0.6) is 5.75 Å². The van der Waals surface area contributed by atoms with Gasteiger partial charge in [-0.05, 0) is 76.0 Å². The van der Waals surface area contributed by atoms with Crippen LogP contribution in [0.25, 0.3) is 0 Å². The fourth-order valence-corrected chi connectivity index (χ4v) is 7.22. The smallest absolute Gasteiger partial charge is 0.119 e. The fraction of sp³-hybridized carbons (Fsp3) is 0.824. The molecule has 2 atom stereocenters. The van der Waals surface area contributed by atoms with Gasteiger partial charge in [0.25, 0.3) is 0 Å². The van der Waals surface area contributed by atoms with Crippen molar-refractivity contribution in [2.24, 2.45) is 0 Å². The van der Waals surface area contributed by atoms with E-state index < -0.39 is 0 Å². The van der Waals surface area contributed by atoms with Gasteiger partial charge in [0.15, 0.2) is 0 Å². The molecule has 0 aliphatic heterocycles. The van der Waals surface area contributed by atoms with Gasteiger partial charge in [-0.3, -0.25) is 0 Å². The minimum Gasteiger partial charge on any atom is -0.508 e. The minimum absolute atomic E-state index is 0.0413. The molecule has 2 aliphatic rings. The third kappa shape index (κ3) is 9.57. The van der Waals surface area contributed by atoms with Crippen LogP contribution < -0.4 is 0 Å². The predicted octanol–water partition coefficient (Wildman–Crippen LogP) is 9.85. The van der Waals surface area contributed by atoms with E-state index in [4.69, 9.17) is 9.47 Å². The zero-order chi connectivity index (χ0) is 26.6. The zero-order valence-electron chi connectivity index (χ0n) is 24.8. The number of phenols is 1. The van der Waals surface area contributed by atoms with Gasteiger partial charge in [0.2, 0.25) is 0 Å². The fourth-order valence-electron chi connectivity index (χ4n) is 7.22. The normalized spacial score (nSPS) is 21.0. The maximum absolute atomic E-state index is 10.9. The lowest BCUT2D eigenvalue weighted by Gasteiger charge is -2.40. The van der Waals surface area contributed by atoms with E-state index in [9.17, 15) is 5.11 Å². The summed E-state index contributed by atoms with van der Waals surface area (Å²) < 4.78 is 13.8. The highest BCUT2D eigenvalue weighted by atomic mass is 16.5. The van der Waals surface area contributed by atoms with Crippen molar-refractivity contribution in [2.45, 2.75) is 180 Å². The number of aromatic hydroxyl groups is 1. The second kappa shape index (κ2) is 15.5. The summed E-state index contributed by atoms with van der Waals surface area (Å²) in [4.78, 5) is 0. The average molecular weight is 515 g/mol. The number of rotatable bonds is 16. The maximum Gasteiger partial charge on any atom is 0.119 e. The highest BCUT2D eigenvalue weighted by Crippen LogP contribution is 2.39. The van der Waals surface area contributed by atoms with Crippen molar-refractivity contribution in [3.05, 3.63) is 29.3 Å². The Balaban J connectivity index is 1.66. The molecule has 2 aliphatic carbocycles. The molecule has 2 saturated carbocycles. The van der Waals surface area contributed by atoms with Crippen LogP contribution in [0.15, 0.2) is 18.2 Å². The maximum atomic E-state index is 10.9. The topological polar surface area (TPSA) is 38.7 Å². The summed E-state index contributed by atoms with van der Waals surface area (Å²) in [5.74, 6) is 0.416. The van der Waals surface area contributed by atoms with Crippen molar-refractivity contribution in [3.63, 3.8) is 0 Å². The molecule has 1 N–H and O–H groups in total. The number of hydrogen-bond donors (Lipinski definition) is 1. The molecule has 1 aromatic rings. The van der Waals surface area contributed by atoms with Crippen molar-refractivity contribution < 1.29 is 14.6 Å². The van der Waals surface area contributed by atoms with E-state index in [2.05, 4.69) is 33.8 Å². The quantitative estimate of drug-likeness (QED) is 0.223. The van der Waals surface area contributed by atoms with Crippen LogP contribution >= 0.6 is 0 Å². The zero-order valence-corrected chi connectivity index (χ0v) is 24.8. The van der Waals surface area contributed by atoms with Crippen molar-refractivity contribution in [2.75, 3.05) is 0 Å². The number of phenolic OH excluding ortho intramolecular Hbond substituents is 1. The Morgan fingerprint density at radius 3 is 1.68 bits per heavy atom. The number of ether oxygens (including phenoxy) is 2. The van der Waals surface area contributed by atoms with E-state index in [1.54, 1.807) is 0 Å². The van der Waals surface area contributed by atoms with Crippen LogP contribution in [0.2, 0.25) is 0 Å². The molecular formula is C34H58O3. The summed E-state index contributed by atoms with van der Waals surface area (Å²) >= 11 is 0. The first-order valence-electron chi connectivity index (χ1n) is 16.1. The van der Waals surface area contributed by atoms with Gasteiger partial charge in [-0.25, -0.2) is 0 Å². The lowest BCUT2D eigenvalue weighted by Crippen LogP contribution is -2.39. The molecule has 0 radical (unpaired) electrons. The molecule has 3 nitrogen and oxygen atoms in total. The summed E-state index contributed by atoms with van der Waals surface area (Å²) in [5, 5.41) is 10.9. The van der Waals surface area contributed by atoms with Crippen molar-refractivity contribution >= 4 is 0 Å². The van der Waals surface area contributed by atoms with Gasteiger partial charge in [-0.15, -0.1) is 0 Å². The molecule has 0 spiro atoms. The van der Waals surface area contributed by atoms with Crippen LogP contribution in [0, 0.1) is 0 Å². The van der Waals surface area contributed by atoms with Gasteiger partial charge in [-0.2, -0.15) is 0 Å². The number of hydrogen-bond acceptors (Lipinski definition) is 3. The van der Waals surface area contributed by atoms with Crippen LogP contribution in [0.3, 0.4) is 0 Å². The second-order valence-corrected chi connectivity index (χ2v) is 12.6. The van der Waals surface area contributed by atoms with Gasteiger partial charge in [-0.1, -0.05) is 103 Å². The van der Waals surface area contributed by atoms with E-state index in [0.717, 1.165) is 18.4 Å². The van der Waals surface area contributed by atoms with Crippen molar-refractivity contribution in [1.29, 1.82) is 0 Å². The predicted molar refractivity (Wildman–Crippen MR) is 157 cm³/mol. The van der Waals surface area contributed by atoms with Gasteiger partial charge in [0.1, 0.15) is 5.75 Å². The van der Waals surface area contributed by atoms with E-state index >= 15 is 0 Å². The van der Waals surface area contributed by atoms with Crippen LogP contribution in [-0.2, 0) is 22.3 Å². The Labute approximate surface area is 229 Å². The lowest BCUT2D eigenvalue weighted by atomic mass is 9.80. The molecular weight excluding hydrogens is 456 g/mol. The minimum atomic E-state index is 0.0413. The van der Waals surface area contributed by atoms with E-state index in [0.29, 0.717) is 5.75 Å². The molecule has 0 aromatic heterocycles. The Morgan fingerprint density at radius 1 is 0.703 bits per heavy atom. The van der Waals surface area contributed by atoms with Crippen LogP contribution in [0.1, 0.15) is 154 Å². The highest BCUT2D eigenvalue weighted by molar-refractivity contribution is 5.40. The molecule has 2 fully saturated rings. The molecule has 0 bridgehead atoms. The van der Waals surface area contributed by atoms with E-state index in [-0.39, 0.29) is 23.4 Å². The van der Waals surface area contributed by atoms with E-state index in [1.165, 1.54) is 121 Å². The van der Waals surface area contributed by atoms with Gasteiger partial charge < -0.3 is 14.6 Å². The highest BCUT2D eigenvalue weighted by Gasteiger charge is 2.35. The Kier molecular flexibility index (Phi) is 12.8. The molecule has 3 rings (SSSR count). The Morgan fingerprint density at radius 2 is 1.19 bits per heavy atom. The van der Waals surface area contributed by atoms with Gasteiger partial charge in [0, 0.05) is 6.42 Å². The monoisotopic (exact) mass is 514 g/mol. The van der Waals surface area contributed by atoms with Gasteiger partial charge >= 0.3 is 0 Å². The summed E-state index contributed by atoms with van der Waals surface area (Å²) in [6, 6.07) is 6.05.